The van der Waals surface area contributed by atoms with Crippen LogP contribution in [0.3, 0.4) is 0 Å². The first-order chi connectivity index (χ1) is 14.4. The molecule has 2 heterocycles. The summed E-state index contributed by atoms with van der Waals surface area (Å²) in [7, 11) is 0. The number of pyridine rings is 1. The highest BCUT2D eigenvalue weighted by Gasteiger charge is 2.29. The number of guanidine groups is 1. The normalized spacial score (nSPS) is 11.7. The Kier molecular flexibility index (Phi) is 8.84. The number of hydrogen-bond donors (Lipinski definition) is 2. The van der Waals surface area contributed by atoms with Gasteiger partial charge >= 0.3 is 6.18 Å². The summed E-state index contributed by atoms with van der Waals surface area (Å²) in [6.45, 7) is 5.29. The first-order valence-corrected chi connectivity index (χ1v) is 9.50. The number of aromatic nitrogens is 3. The highest BCUT2D eigenvalue weighted by molar-refractivity contribution is 14.0. The van der Waals surface area contributed by atoms with Crippen LogP contribution >= 0.6 is 24.0 Å². The molecule has 2 N–H and O–H groups in total. The molecule has 0 amide bonds. The van der Waals surface area contributed by atoms with E-state index >= 15 is 0 Å². The number of rotatable bonds is 6. The van der Waals surface area contributed by atoms with Gasteiger partial charge in [0.05, 0.1) is 12.1 Å². The molecule has 3 aromatic rings. The predicted octanol–water partition coefficient (Wildman–Crippen LogP) is 4.47. The lowest BCUT2D eigenvalue weighted by atomic mass is 10.1. The topological polar surface area (TPSA) is 67.1 Å². The quantitative estimate of drug-likeness (QED) is 0.273. The maximum atomic E-state index is 12.7. The summed E-state index contributed by atoms with van der Waals surface area (Å²) in [4.78, 5) is 13.2. The molecular weight excluding hydrogens is 520 g/mol. The van der Waals surface area contributed by atoms with Crippen LogP contribution < -0.4 is 10.6 Å². The minimum Gasteiger partial charge on any atom is -0.357 e. The molecule has 0 radical (unpaired) electrons. The van der Waals surface area contributed by atoms with Crippen LogP contribution in [-0.4, -0.2) is 27.0 Å². The molecule has 2 aromatic heterocycles. The van der Waals surface area contributed by atoms with Crippen molar-refractivity contribution >= 4 is 29.9 Å². The van der Waals surface area contributed by atoms with Crippen molar-refractivity contribution in [2.45, 2.75) is 33.1 Å². The molecular formula is C21H24F3IN6. The number of aliphatic imine (C=N–C) groups is 1. The van der Waals surface area contributed by atoms with E-state index in [-0.39, 0.29) is 24.0 Å². The van der Waals surface area contributed by atoms with E-state index in [1.165, 1.54) is 12.1 Å². The smallest absolute Gasteiger partial charge is 0.357 e. The largest absolute Gasteiger partial charge is 0.416 e. The summed E-state index contributed by atoms with van der Waals surface area (Å²) in [5, 5.41) is 6.26. The molecule has 166 valence electrons. The first-order valence-electron chi connectivity index (χ1n) is 9.50. The van der Waals surface area contributed by atoms with Gasteiger partial charge in [0, 0.05) is 31.7 Å². The van der Waals surface area contributed by atoms with Crippen molar-refractivity contribution in [2.24, 2.45) is 4.99 Å². The standard InChI is InChI=1S/C21H23F3N6.HI/c1-3-25-20(28-12-16-4-7-18(8-5-16)21(22,23)24)29-14-17-6-9-19(27-13-17)30-11-10-26-15(30)2;/h4-11,13H,3,12,14H2,1-2H3,(H2,25,28,29);1H. The van der Waals surface area contributed by atoms with Crippen molar-refractivity contribution in [1.82, 2.24) is 25.2 Å². The molecule has 0 aliphatic carbocycles. The van der Waals surface area contributed by atoms with Gasteiger partial charge in [-0.2, -0.15) is 13.2 Å². The van der Waals surface area contributed by atoms with Gasteiger partial charge in [0.1, 0.15) is 11.6 Å². The van der Waals surface area contributed by atoms with Crippen LogP contribution in [0, 0.1) is 6.92 Å². The van der Waals surface area contributed by atoms with Gasteiger partial charge in [0.25, 0.3) is 0 Å². The zero-order valence-electron chi connectivity index (χ0n) is 17.1. The van der Waals surface area contributed by atoms with Crippen molar-refractivity contribution in [2.75, 3.05) is 6.54 Å². The highest BCUT2D eigenvalue weighted by atomic mass is 127. The molecule has 0 saturated heterocycles. The Bertz CT molecular complexity index is 982. The number of imidazole rings is 1. The minimum atomic E-state index is -4.33. The second kappa shape index (κ2) is 11.1. The Morgan fingerprint density at radius 1 is 1.03 bits per heavy atom. The van der Waals surface area contributed by atoms with Gasteiger partial charge < -0.3 is 10.6 Å². The summed E-state index contributed by atoms with van der Waals surface area (Å²) in [6, 6.07) is 8.93. The van der Waals surface area contributed by atoms with Gasteiger partial charge in [-0.05, 0) is 43.2 Å². The van der Waals surface area contributed by atoms with E-state index in [1.54, 1.807) is 12.4 Å². The zero-order chi connectivity index (χ0) is 21.6. The van der Waals surface area contributed by atoms with Crippen LogP contribution in [-0.2, 0) is 19.3 Å². The van der Waals surface area contributed by atoms with Crippen molar-refractivity contribution in [3.8, 4) is 5.82 Å². The van der Waals surface area contributed by atoms with E-state index in [0.717, 1.165) is 34.9 Å². The second-order valence-corrected chi connectivity index (χ2v) is 6.61. The summed E-state index contributed by atoms with van der Waals surface area (Å²) >= 11 is 0. The summed E-state index contributed by atoms with van der Waals surface area (Å²) < 4.78 is 39.9. The molecule has 0 bridgehead atoms. The van der Waals surface area contributed by atoms with Crippen molar-refractivity contribution in [3.05, 3.63) is 77.5 Å². The molecule has 0 aliphatic heterocycles. The van der Waals surface area contributed by atoms with Crippen LogP contribution in [0.4, 0.5) is 13.2 Å². The number of aryl methyl sites for hydroxylation is 1. The third kappa shape index (κ3) is 6.94. The van der Waals surface area contributed by atoms with E-state index in [4.69, 9.17) is 0 Å². The fourth-order valence-electron chi connectivity index (χ4n) is 2.78. The summed E-state index contributed by atoms with van der Waals surface area (Å²) in [5.41, 5.74) is 1.01. The van der Waals surface area contributed by atoms with Crippen LogP contribution in [0.15, 0.2) is 60.0 Å². The average molecular weight is 544 g/mol. The van der Waals surface area contributed by atoms with E-state index in [0.29, 0.717) is 25.6 Å². The Labute approximate surface area is 196 Å². The molecule has 1 aromatic carbocycles. The average Bonchev–Trinajstić information content (AvgIpc) is 3.16. The molecule has 0 saturated carbocycles. The van der Waals surface area contributed by atoms with Gasteiger partial charge in [0.15, 0.2) is 5.96 Å². The second-order valence-electron chi connectivity index (χ2n) is 6.61. The Hall–Kier alpha value is -2.63. The van der Waals surface area contributed by atoms with E-state index in [9.17, 15) is 13.2 Å². The third-order valence-electron chi connectivity index (χ3n) is 4.39. The SMILES string of the molecule is CCNC(=NCc1ccc(-n2ccnc2C)nc1)NCc1ccc(C(F)(F)F)cc1.I. The maximum absolute atomic E-state index is 12.7. The molecule has 0 atom stereocenters. The summed E-state index contributed by atoms with van der Waals surface area (Å²) in [5.74, 6) is 2.21. The van der Waals surface area contributed by atoms with E-state index in [1.807, 2.05) is 36.7 Å². The molecule has 0 unspecified atom stereocenters. The van der Waals surface area contributed by atoms with Crippen molar-refractivity contribution < 1.29 is 13.2 Å². The number of alkyl halides is 3. The number of hydrogen-bond acceptors (Lipinski definition) is 3. The fourth-order valence-corrected chi connectivity index (χ4v) is 2.78. The predicted molar refractivity (Wildman–Crippen MR) is 125 cm³/mol. The summed E-state index contributed by atoms with van der Waals surface area (Å²) in [6.07, 6.45) is 1.00. The Morgan fingerprint density at radius 2 is 1.74 bits per heavy atom. The number of benzene rings is 1. The lowest BCUT2D eigenvalue weighted by Crippen LogP contribution is -2.36. The van der Waals surface area contributed by atoms with Gasteiger partial charge in [-0.1, -0.05) is 18.2 Å². The van der Waals surface area contributed by atoms with Crippen LogP contribution in [0.1, 0.15) is 29.4 Å². The molecule has 0 aliphatic rings. The third-order valence-corrected chi connectivity index (χ3v) is 4.39. The number of halogens is 4. The molecule has 10 heteroatoms. The van der Waals surface area contributed by atoms with Crippen LogP contribution in [0.2, 0.25) is 0 Å². The lowest BCUT2D eigenvalue weighted by Gasteiger charge is -2.12. The van der Waals surface area contributed by atoms with Crippen molar-refractivity contribution in [3.63, 3.8) is 0 Å². The van der Waals surface area contributed by atoms with Gasteiger partial charge in [-0.3, -0.25) is 4.57 Å². The zero-order valence-corrected chi connectivity index (χ0v) is 19.5. The Morgan fingerprint density at radius 3 is 2.29 bits per heavy atom. The number of nitrogens with zero attached hydrogens (tertiary/aromatic N) is 4. The first kappa shape index (κ1) is 24.6. The van der Waals surface area contributed by atoms with Crippen LogP contribution in [0.25, 0.3) is 5.82 Å². The fraction of sp³-hybridized carbons (Fsp3) is 0.286. The van der Waals surface area contributed by atoms with Gasteiger partial charge in [0.2, 0.25) is 0 Å². The molecule has 6 nitrogen and oxygen atoms in total. The van der Waals surface area contributed by atoms with Crippen molar-refractivity contribution in [1.29, 1.82) is 0 Å². The lowest BCUT2D eigenvalue weighted by molar-refractivity contribution is -0.137. The minimum absolute atomic E-state index is 0. The molecule has 3 rings (SSSR count). The highest BCUT2D eigenvalue weighted by Crippen LogP contribution is 2.29. The van der Waals surface area contributed by atoms with E-state index < -0.39 is 11.7 Å². The Balaban J connectivity index is 0.00000341. The monoisotopic (exact) mass is 544 g/mol. The maximum Gasteiger partial charge on any atom is 0.416 e. The number of nitrogens with one attached hydrogen (secondary N) is 2. The van der Waals surface area contributed by atoms with Gasteiger partial charge in [-0.25, -0.2) is 15.0 Å². The molecule has 0 spiro atoms. The molecule has 0 fully saturated rings. The van der Waals surface area contributed by atoms with Crippen LogP contribution in [0.5, 0.6) is 0 Å². The van der Waals surface area contributed by atoms with E-state index in [2.05, 4.69) is 25.6 Å². The van der Waals surface area contributed by atoms with Gasteiger partial charge in [-0.15, -0.1) is 24.0 Å². The molecule has 31 heavy (non-hydrogen) atoms.